The molecule has 0 aliphatic rings. The highest BCUT2D eigenvalue weighted by molar-refractivity contribution is 5.71. The standard InChI is InChI=1S/C33H64O2/c1-7-9-11-12-13-14-15-16-17-18-19-20-21-22-24-29(3)26-30(4)27-31(5)28-32(6)33(34)35-25-23-10-8-2/h14-15,29-32H,7-13,16-28H2,1-6H3/b15-14-. The van der Waals surface area contributed by atoms with Gasteiger partial charge in [-0.15, -0.1) is 0 Å². The Morgan fingerprint density at radius 1 is 0.600 bits per heavy atom. The molecule has 0 aromatic rings. The fraction of sp³-hybridized carbons (Fsp3) is 0.909. The van der Waals surface area contributed by atoms with E-state index in [9.17, 15) is 4.79 Å². The number of unbranched alkanes of at least 4 members (excludes halogenated alkanes) is 12. The molecule has 0 aliphatic carbocycles. The van der Waals surface area contributed by atoms with Crippen LogP contribution in [0.5, 0.6) is 0 Å². The third kappa shape index (κ3) is 23.4. The van der Waals surface area contributed by atoms with Crippen LogP contribution in [0.4, 0.5) is 0 Å². The monoisotopic (exact) mass is 492 g/mol. The van der Waals surface area contributed by atoms with E-state index < -0.39 is 0 Å². The van der Waals surface area contributed by atoms with E-state index >= 15 is 0 Å². The van der Waals surface area contributed by atoms with E-state index in [-0.39, 0.29) is 11.9 Å². The zero-order chi connectivity index (χ0) is 26.2. The van der Waals surface area contributed by atoms with Crippen LogP contribution in [0.2, 0.25) is 0 Å². The minimum Gasteiger partial charge on any atom is -0.465 e. The Kier molecular flexibility index (Phi) is 24.3. The molecule has 0 fully saturated rings. The molecule has 35 heavy (non-hydrogen) atoms. The lowest BCUT2D eigenvalue weighted by molar-refractivity contribution is -0.148. The minimum atomic E-state index is 0.00300. The first-order valence-corrected chi connectivity index (χ1v) is 15.7. The molecule has 0 heterocycles. The van der Waals surface area contributed by atoms with Crippen molar-refractivity contribution < 1.29 is 9.53 Å². The van der Waals surface area contributed by atoms with E-state index in [0.29, 0.717) is 12.5 Å². The number of esters is 1. The van der Waals surface area contributed by atoms with Crippen LogP contribution in [-0.2, 0) is 9.53 Å². The predicted molar refractivity (Wildman–Crippen MR) is 156 cm³/mol. The van der Waals surface area contributed by atoms with Gasteiger partial charge < -0.3 is 4.74 Å². The van der Waals surface area contributed by atoms with Gasteiger partial charge >= 0.3 is 5.97 Å². The quantitative estimate of drug-likeness (QED) is 0.0719. The second kappa shape index (κ2) is 24.9. The summed E-state index contributed by atoms with van der Waals surface area (Å²) in [6.07, 6.45) is 29.4. The predicted octanol–water partition coefficient (Wildman–Crippen LogP) is 11.1. The molecule has 0 spiro atoms. The highest BCUT2D eigenvalue weighted by Crippen LogP contribution is 2.26. The second-order valence-electron chi connectivity index (χ2n) is 11.8. The molecule has 0 N–H and O–H groups in total. The van der Waals surface area contributed by atoms with Gasteiger partial charge in [0.15, 0.2) is 0 Å². The Balaban J connectivity index is 3.68. The van der Waals surface area contributed by atoms with Crippen molar-refractivity contribution in [3.63, 3.8) is 0 Å². The van der Waals surface area contributed by atoms with Crippen molar-refractivity contribution in [2.45, 2.75) is 164 Å². The Hall–Kier alpha value is -0.790. The van der Waals surface area contributed by atoms with Gasteiger partial charge in [-0.2, -0.15) is 0 Å². The molecule has 2 nitrogen and oxygen atoms in total. The van der Waals surface area contributed by atoms with Gasteiger partial charge in [0.05, 0.1) is 12.5 Å². The third-order valence-corrected chi connectivity index (χ3v) is 7.47. The number of hydrogen-bond acceptors (Lipinski definition) is 2. The highest BCUT2D eigenvalue weighted by Gasteiger charge is 2.20. The molecule has 0 radical (unpaired) electrons. The molecule has 0 aromatic carbocycles. The molecule has 0 bridgehead atoms. The number of ether oxygens (including phenoxy) is 1. The summed E-state index contributed by atoms with van der Waals surface area (Å²) in [6, 6.07) is 0. The summed E-state index contributed by atoms with van der Waals surface area (Å²) in [6.45, 7) is 14.2. The van der Waals surface area contributed by atoms with E-state index in [1.807, 2.05) is 6.92 Å². The van der Waals surface area contributed by atoms with E-state index in [1.54, 1.807) is 0 Å². The van der Waals surface area contributed by atoms with Gasteiger partial charge in [-0.1, -0.05) is 124 Å². The smallest absolute Gasteiger partial charge is 0.308 e. The van der Waals surface area contributed by atoms with Crippen LogP contribution in [0.1, 0.15) is 164 Å². The Morgan fingerprint density at radius 2 is 1.09 bits per heavy atom. The van der Waals surface area contributed by atoms with Crippen LogP contribution >= 0.6 is 0 Å². The Bertz CT molecular complexity index is 483. The molecule has 0 aliphatic heterocycles. The van der Waals surface area contributed by atoms with E-state index in [1.165, 1.54) is 96.3 Å². The number of rotatable bonds is 25. The zero-order valence-electron chi connectivity index (χ0n) is 24.9. The summed E-state index contributed by atoms with van der Waals surface area (Å²) in [7, 11) is 0. The summed E-state index contributed by atoms with van der Waals surface area (Å²) in [5.41, 5.74) is 0. The molecule has 0 amide bonds. The SMILES string of the molecule is CCCCCC/C=C\CCCCCCCCC(C)CC(C)CC(C)CC(C)C(=O)OCCCCC. The molecule has 0 aromatic heterocycles. The van der Waals surface area contributed by atoms with E-state index in [4.69, 9.17) is 4.74 Å². The van der Waals surface area contributed by atoms with Gasteiger partial charge in [0.2, 0.25) is 0 Å². The van der Waals surface area contributed by atoms with Gasteiger partial charge in [-0.25, -0.2) is 0 Å². The van der Waals surface area contributed by atoms with Crippen LogP contribution in [0.15, 0.2) is 12.2 Å². The maximum absolute atomic E-state index is 12.2. The summed E-state index contributed by atoms with van der Waals surface area (Å²) < 4.78 is 5.45. The van der Waals surface area contributed by atoms with Crippen molar-refractivity contribution in [3.8, 4) is 0 Å². The lowest BCUT2D eigenvalue weighted by atomic mass is 9.84. The van der Waals surface area contributed by atoms with Crippen molar-refractivity contribution in [3.05, 3.63) is 12.2 Å². The molecule has 4 atom stereocenters. The molecule has 0 rings (SSSR count). The number of hydrogen-bond donors (Lipinski definition) is 0. The van der Waals surface area contributed by atoms with Crippen molar-refractivity contribution in [1.82, 2.24) is 0 Å². The molecular formula is C33H64O2. The number of carbonyl (C=O) groups is 1. The average molecular weight is 493 g/mol. The normalized spacial score (nSPS) is 15.3. The fourth-order valence-corrected chi connectivity index (χ4v) is 5.44. The van der Waals surface area contributed by atoms with Crippen molar-refractivity contribution in [2.75, 3.05) is 6.61 Å². The Morgan fingerprint density at radius 3 is 1.71 bits per heavy atom. The first kappa shape index (κ1) is 34.2. The van der Waals surface area contributed by atoms with Gasteiger partial charge in [0.1, 0.15) is 0 Å². The molecular weight excluding hydrogens is 428 g/mol. The first-order valence-electron chi connectivity index (χ1n) is 15.7. The molecule has 0 saturated heterocycles. The van der Waals surface area contributed by atoms with Crippen LogP contribution in [0.3, 0.4) is 0 Å². The lowest BCUT2D eigenvalue weighted by Gasteiger charge is -2.22. The second-order valence-corrected chi connectivity index (χ2v) is 11.8. The number of allylic oxidation sites excluding steroid dienone is 2. The summed E-state index contributed by atoms with van der Waals surface area (Å²) in [5.74, 6) is 2.19. The van der Waals surface area contributed by atoms with Crippen molar-refractivity contribution in [1.29, 1.82) is 0 Å². The maximum Gasteiger partial charge on any atom is 0.308 e. The molecule has 4 unspecified atom stereocenters. The Labute approximate surface area is 221 Å². The van der Waals surface area contributed by atoms with Crippen LogP contribution < -0.4 is 0 Å². The summed E-state index contributed by atoms with van der Waals surface area (Å²) >= 11 is 0. The van der Waals surface area contributed by atoms with Gasteiger partial charge in [0, 0.05) is 0 Å². The average Bonchev–Trinajstić information content (AvgIpc) is 2.81. The lowest BCUT2D eigenvalue weighted by Crippen LogP contribution is -2.19. The molecule has 2 heteroatoms. The highest BCUT2D eigenvalue weighted by atomic mass is 16.5. The van der Waals surface area contributed by atoms with Crippen molar-refractivity contribution >= 4 is 5.97 Å². The van der Waals surface area contributed by atoms with Crippen molar-refractivity contribution in [2.24, 2.45) is 23.7 Å². The molecule has 0 saturated carbocycles. The van der Waals surface area contributed by atoms with E-state index in [0.717, 1.165) is 37.5 Å². The first-order chi connectivity index (χ1) is 16.9. The third-order valence-electron chi connectivity index (χ3n) is 7.47. The molecule has 208 valence electrons. The topological polar surface area (TPSA) is 26.3 Å². The van der Waals surface area contributed by atoms with Gasteiger partial charge in [-0.05, 0) is 69.1 Å². The summed E-state index contributed by atoms with van der Waals surface area (Å²) in [5, 5.41) is 0. The van der Waals surface area contributed by atoms with Crippen LogP contribution in [0.25, 0.3) is 0 Å². The van der Waals surface area contributed by atoms with Crippen LogP contribution in [-0.4, -0.2) is 12.6 Å². The maximum atomic E-state index is 12.2. The van der Waals surface area contributed by atoms with E-state index in [2.05, 4.69) is 46.8 Å². The van der Waals surface area contributed by atoms with Gasteiger partial charge in [-0.3, -0.25) is 4.79 Å². The zero-order valence-corrected chi connectivity index (χ0v) is 24.9. The minimum absolute atomic E-state index is 0.00300. The fourth-order valence-electron chi connectivity index (χ4n) is 5.44. The summed E-state index contributed by atoms with van der Waals surface area (Å²) in [4.78, 5) is 12.2. The van der Waals surface area contributed by atoms with Gasteiger partial charge in [0.25, 0.3) is 0 Å². The largest absolute Gasteiger partial charge is 0.465 e. The van der Waals surface area contributed by atoms with Crippen LogP contribution in [0, 0.1) is 23.7 Å². The number of carbonyl (C=O) groups excluding carboxylic acids is 1.